The second-order valence-corrected chi connectivity index (χ2v) is 5.06. The maximum absolute atomic E-state index is 9.21. The molecule has 6 heteroatoms. The summed E-state index contributed by atoms with van der Waals surface area (Å²) in [5.74, 6) is 2.06. The molecule has 0 saturated heterocycles. The van der Waals surface area contributed by atoms with Crippen LogP contribution in [-0.4, -0.2) is 28.4 Å². The summed E-state index contributed by atoms with van der Waals surface area (Å²) in [6, 6.07) is 11.0. The highest BCUT2D eigenvalue weighted by Gasteiger charge is 2.16. The summed E-state index contributed by atoms with van der Waals surface area (Å²) in [6.07, 6.45) is 1.45. The lowest BCUT2D eigenvalue weighted by Gasteiger charge is -2.16. The number of rotatable bonds is 6. The molecule has 6 nitrogen and oxygen atoms in total. The van der Waals surface area contributed by atoms with Gasteiger partial charge in [0.2, 0.25) is 5.75 Å². The molecule has 0 saturated carbocycles. The van der Waals surface area contributed by atoms with Gasteiger partial charge in [-0.1, -0.05) is 6.07 Å². The molecule has 0 atom stereocenters. The number of nitriles is 1. The first kappa shape index (κ1) is 18.0. The van der Waals surface area contributed by atoms with E-state index in [2.05, 4.69) is 6.07 Å². The van der Waals surface area contributed by atoms with Crippen LogP contribution in [0.15, 0.2) is 36.4 Å². The predicted molar refractivity (Wildman–Crippen MR) is 96.2 cm³/mol. The molecule has 0 aromatic heterocycles. The third-order valence-electron chi connectivity index (χ3n) is 3.73. The molecule has 0 amide bonds. The second kappa shape index (κ2) is 7.97. The fourth-order valence-corrected chi connectivity index (χ4v) is 2.54. The van der Waals surface area contributed by atoms with Gasteiger partial charge in [-0.05, 0) is 41.0 Å². The van der Waals surface area contributed by atoms with Crippen molar-refractivity contribution in [1.82, 2.24) is 0 Å². The number of allylic oxidation sites excluding steroid dienone is 1. The molecule has 25 heavy (non-hydrogen) atoms. The Hall–Kier alpha value is -3.33. The van der Waals surface area contributed by atoms with Gasteiger partial charge in [-0.25, -0.2) is 0 Å². The number of hydrogen-bond acceptors (Lipinski definition) is 6. The maximum Gasteiger partial charge on any atom is 0.203 e. The summed E-state index contributed by atoms with van der Waals surface area (Å²) in [4.78, 5) is 0. The van der Waals surface area contributed by atoms with Gasteiger partial charge in [0, 0.05) is 6.08 Å². The Labute approximate surface area is 147 Å². The van der Waals surface area contributed by atoms with Crippen molar-refractivity contribution in [2.45, 2.75) is 0 Å². The van der Waals surface area contributed by atoms with E-state index in [1.807, 2.05) is 6.07 Å². The molecule has 0 fully saturated rings. The van der Waals surface area contributed by atoms with Crippen LogP contribution in [0, 0.1) is 11.3 Å². The third-order valence-corrected chi connectivity index (χ3v) is 3.73. The summed E-state index contributed by atoms with van der Waals surface area (Å²) < 4.78 is 21.3. The second-order valence-electron chi connectivity index (χ2n) is 5.06. The van der Waals surface area contributed by atoms with E-state index >= 15 is 0 Å². The molecular formula is C19H20N2O4. The van der Waals surface area contributed by atoms with E-state index in [1.165, 1.54) is 13.2 Å². The Bertz CT molecular complexity index is 813. The Kier molecular flexibility index (Phi) is 5.75. The first-order chi connectivity index (χ1) is 12.1. The fraction of sp³-hybridized carbons (Fsp3) is 0.211. The van der Waals surface area contributed by atoms with Crippen molar-refractivity contribution in [3.8, 4) is 29.1 Å². The van der Waals surface area contributed by atoms with Crippen LogP contribution in [-0.2, 0) is 0 Å². The van der Waals surface area contributed by atoms with E-state index in [4.69, 9.17) is 24.7 Å². The number of nitrogens with two attached hydrogens (primary N) is 1. The Morgan fingerprint density at radius 1 is 0.880 bits per heavy atom. The van der Waals surface area contributed by atoms with E-state index in [-0.39, 0.29) is 0 Å². The number of benzene rings is 2. The molecule has 0 spiro atoms. The number of nitrogens with zero attached hydrogens (tertiary/aromatic N) is 1. The van der Waals surface area contributed by atoms with E-state index in [0.717, 1.165) is 11.1 Å². The molecule has 2 rings (SSSR count). The molecule has 0 aliphatic carbocycles. The van der Waals surface area contributed by atoms with Crippen LogP contribution in [0.2, 0.25) is 0 Å². The Morgan fingerprint density at radius 3 is 1.92 bits per heavy atom. The van der Waals surface area contributed by atoms with Crippen molar-refractivity contribution in [1.29, 1.82) is 5.26 Å². The lowest BCUT2D eigenvalue weighted by atomic mass is 9.96. The van der Waals surface area contributed by atoms with Crippen molar-refractivity contribution in [2.75, 3.05) is 34.2 Å². The SMILES string of the molecule is COc1ccc(/C(=C\C#N)c2cc(OC)c(OC)c(OC)c2)cc1N. The summed E-state index contributed by atoms with van der Waals surface area (Å²) in [5.41, 5.74) is 8.67. The number of nitrogen functional groups attached to an aromatic ring is 1. The molecule has 2 aromatic rings. The van der Waals surface area contributed by atoms with Gasteiger partial charge in [0.25, 0.3) is 0 Å². The van der Waals surface area contributed by atoms with Crippen LogP contribution < -0.4 is 24.7 Å². The molecule has 130 valence electrons. The van der Waals surface area contributed by atoms with Crippen LogP contribution in [0.25, 0.3) is 5.57 Å². The molecule has 0 bridgehead atoms. The third kappa shape index (κ3) is 3.61. The first-order valence-electron chi connectivity index (χ1n) is 7.43. The first-order valence-corrected chi connectivity index (χ1v) is 7.43. The lowest BCUT2D eigenvalue weighted by Crippen LogP contribution is -1.99. The minimum atomic E-state index is 0.483. The van der Waals surface area contributed by atoms with E-state index in [1.54, 1.807) is 45.6 Å². The zero-order valence-corrected chi connectivity index (χ0v) is 14.6. The van der Waals surface area contributed by atoms with E-state index < -0.39 is 0 Å². The molecule has 0 unspecified atom stereocenters. The van der Waals surface area contributed by atoms with Crippen LogP contribution >= 0.6 is 0 Å². The molecule has 2 aromatic carbocycles. The number of methoxy groups -OCH3 is 4. The smallest absolute Gasteiger partial charge is 0.203 e. The van der Waals surface area contributed by atoms with Crippen molar-refractivity contribution in [3.05, 3.63) is 47.5 Å². The van der Waals surface area contributed by atoms with Gasteiger partial charge in [-0.15, -0.1) is 0 Å². The van der Waals surface area contributed by atoms with E-state index in [0.29, 0.717) is 34.3 Å². The van der Waals surface area contributed by atoms with Gasteiger partial charge in [0.1, 0.15) is 5.75 Å². The molecular weight excluding hydrogens is 320 g/mol. The van der Waals surface area contributed by atoms with Crippen molar-refractivity contribution < 1.29 is 18.9 Å². The standard InChI is InChI=1S/C19H20N2O4/c1-22-16-6-5-12(9-15(16)21)14(7-8-20)13-10-17(23-2)19(25-4)18(11-13)24-3/h5-7,9-11H,21H2,1-4H3/b14-7+. The van der Waals surface area contributed by atoms with Crippen LogP contribution in [0.3, 0.4) is 0 Å². The van der Waals surface area contributed by atoms with Gasteiger partial charge in [0.15, 0.2) is 11.5 Å². The van der Waals surface area contributed by atoms with Gasteiger partial charge >= 0.3 is 0 Å². The van der Waals surface area contributed by atoms with Crippen LogP contribution in [0.5, 0.6) is 23.0 Å². The summed E-state index contributed by atoms with van der Waals surface area (Å²) in [7, 11) is 6.17. The summed E-state index contributed by atoms with van der Waals surface area (Å²) >= 11 is 0. The highest BCUT2D eigenvalue weighted by molar-refractivity contribution is 5.85. The quantitative estimate of drug-likeness (QED) is 0.641. The highest BCUT2D eigenvalue weighted by atomic mass is 16.5. The van der Waals surface area contributed by atoms with E-state index in [9.17, 15) is 5.26 Å². The highest BCUT2D eigenvalue weighted by Crippen LogP contribution is 2.41. The van der Waals surface area contributed by atoms with Gasteiger partial charge in [-0.3, -0.25) is 0 Å². The number of hydrogen-bond donors (Lipinski definition) is 1. The number of ether oxygens (including phenoxy) is 4. The molecule has 0 radical (unpaired) electrons. The lowest BCUT2D eigenvalue weighted by molar-refractivity contribution is 0.324. The molecule has 0 aliphatic heterocycles. The fourth-order valence-electron chi connectivity index (χ4n) is 2.54. The van der Waals surface area contributed by atoms with Crippen molar-refractivity contribution >= 4 is 11.3 Å². The van der Waals surface area contributed by atoms with Crippen LogP contribution in [0.1, 0.15) is 11.1 Å². The summed E-state index contributed by atoms with van der Waals surface area (Å²) in [5, 5.41) is 9.21. The average molecular weight is 340 g/mol. The monoisotopic (exact) mass is 340 g/mol. The molecule has 0 heterocycles. The van der Waals surface area contributed by atoms with Crippen molar-refractivity contribution in [2.24, 2.45) is 0 Å². The molecule has 0 aliphatic rings. The zero-order chi connectivity index (χ0) is 18.4. The molecule has 2 N–H and O–H groups in total. The predicted octanol–water partition coefficient (Wildman–Crippen LogP) is 3.26. The van der Waals surface area contributed by atoms with Gasteiger partial charge in [-0.2, -0.15) is 5.26 Å². The minimum absolute atomic E-state index is 0.483. The normalized spacial score (nSPS) is 10.8. The van der Waals surface area contributed by atoms with Gasteiger partial charge < -0.3 is 24.7 Å². The topological polar surface area (TPSA) is 86.7 Å². The maximum atomic E-state index is 9.21. The van der Waals surface area contributed by atoms with Crippen molar-refractivity contribution in [3.63, 3.8) is 0 Å². The Morgan fingerprint density at radius 2 is 1.48 bits per heavy atom. The minimum Gasteiger partial charge on any atom is -0.495 e. The zero-order valence-electron chi connectivity index (χ0n) is 14.6. The Balaban J connectivity index is 2.64. The largest absolute Gasteiger partial charge is 0.495 e. The average Bonchev–Trinajstić information content (AvgIpc) is 2.64. The number of anilines is 1. The van der Waals surface area contributed by atoms with Gasteiger partial charge in [0.05, 0.1) is 40.2 Å². The summed E-state index contributed by atoms with van der Waals surface area (Å²) in [6.45, 7) is 0. The van der Waals surface area contributed by atoms with Crippen LogP contribution in [0.4, 0.5) is 5.69 Å².